The molecule has 0 N–H and O–H groups in total. The van der Waals surface area contributed by atoms with Gasteiger partial charge in [0.15, 0.2) is 0 Å². The number of carbonyl (C=O) groups excluding carboxylic acids is 1. The van der Waals surface area contributed by atoms with Crippen LogP contribution in [0.3, 0.4) is 0 Å². The standard InChI is InChI=1S/C12H15BrN2O2/c1-9(12(16)15(2)17-3)14-8-10-4-6-11(13)7-5-10/h4-9H,1-3H3. The van der Waals surface area contributed by atoms with Crippen LogP contribution in [0.1, 0.15) is 12.5 Å². The van der Waals surface area contributed by atoms with Crippen molar-refractivity contribution in [1.82, 2.24) is 5.06 Å². The maximum atomic E-state index is 11.6. The molecule has 1 rings (SSSR count). The zero-order valence-corrected chi connectivity index (χ0v) is 11.6. The molecule has 0 spiro atoms. The third-order valence-electron chi connectivity index (χ3n) is 2.26. The Morgan fingerprint density at radius 3 is 2.59 bits per heavy atom. The molecule has 92 valence electrons. The van der Waals surface area contributed by atoms with Crippen LogP contribution in [0.2, 0.25) is 0 Å². The largest absolute Gasteiger partial charge is 0.279 e. The lowest BCUT2D eigenvalue weighted by atomic mass is 10.2. The van der Waals surface area contributed by atoms with Crippen LogP contribution in [0.5, 0.6) is 0 Å². The molecule has 0 fully saturated rings. The molecular formula is C12H15BrN2O2. The minimum atomic E-state index is -0.455. The van der Waals surface area contributed by atoms with Gasteiger partial charge in [0.2, 0.25) is 0 Å². The molecule has 4 nitrogen and oxygen atoms in total. The highest BCUT2D eigenvalue weighted by atomic mass is 79.9. The summed E-state index contributed by atoms with van der Waals surface area (Å²) >= 11 is 3.36. The van der Waals surface area contributed by atoms with Crippen molar-refractivity contribution in [2.45, 2.75) is 13.0 Å². The van der Waals surface area contributed by atoms with E-state index in [9.17, 15) is 4.79 Å². The number of rotatable bonds is 4. The van der Waals surface area contributed by atoms with Gasteiger partial charge >= 0.3 is 0 Å². The van der Waals surface area contributed by atoms with Crippen LogP contribution < -0.4 is 0 Å². The monoisotopic (exact) mass is 298 g/mol. The quantitative estimate of drug-likeness (QED) is 0.632. The van der Waals surface area contributed by atoms with E-state index in [1.807, 2.05) is 24.3 Å². The van der Waals surface area contributed by atoms with Crippen molar-refractivity contribution in [3.05, 3.63) is 34.3 Å². The van der Waals surface area contributed by atoms with E-state index in [1.54, 1.807) is 20.2 Å². The number of hydrogen-bond donors (Lipinski definition) is 0. The van der Waals surface area contributed by atoms with Crippen LogP contribution in [0.15, 0.2) is 33.7 Å². The van der Waals surface area contributed by atoms with Gasteiger partial charge < -0.3 is 0 Å². The van der Waals surface area contributed by atoms with Gasteiger partial charge in [0.1, 0.15) is 6.04 Å². The average molecular weight is 299 g/mol. The molecule has 5 heteroatoms. The van der Waals surface area contributed by atoms with Gasteiger partial charge in [0.05, 0.1) is 7.11 Å². The van der Waals surface area contributed by atoms with Crippen molar-refractivity contribution in [3.63, 3.8) is 0 Å². The summed E-state index contributed by atoms with van der Waals surface area (Å²) < 4.78 is 1.01. The Kier molecular flexibility index (Phi) is 5.31. The topological polar surface area (TPSA) is 41.9 Å². The lowest BCUT2D eigenvalue weighted by Gasteiger charge is -2.15. The van der Waals surface area contributed by atoms with Gasteiger partial charge in [-0.3, -0.25) is 14.6 Å². The van der Waals surface area contributed by atoms with Crippen LogP contribution in [-0.4, -0.2) is 37.4 Å². The fourth-order valence-corrected chi connectivity index (χ4v) is 1.43. The second-order valence-corrected chi connectivity index (χ2v) is 4.44. The van der Waals surface area contributed by atoms with Crippen molar-refractivity contribution in [2.24, 2.45) is 4.99 Å². The fourth-order valence-electron chi connectivity index (χ4n) is 1.16. The van der Waals surface area contributed by atoms with Crippen LogP contribution in [0, 0.1) is 0 Å². The van der Waals surface area contributed by atoms with Gasteiger partial charge in [-0.15, -0.1) is 0 Å². The number of carbonyl (C=O) groups is 1. The Balaban J connectivity index is 2.64. The van der Waals surface area contributed by atoms with Crippen molar-refractivity contribution in [1.29, 1.82) is 0 Å². The molecule has 0 aliphatic rings. The van der Waals surface area contributed by atoms with E-state index < -0.39 is 6.04 Å². The third-order valence-corrected chi connectivity index (χ3v) is 2.79. The van der Waals surface area contributed by atoms with Gasteiger partial charge in [-0.1, -0.05) is 28.1 Å². The summed E-state index contributed by atoms with van der Waals surface area (Å²) in [6.07, 6.45) is 1.68. The molecule has 0 aliphatic carbocycles. The van der Waals surface area contributed by atoms with E-state index in [-0.39, 0.29) is 5.91 Å². The molecule has 0 saturated heterocycles. The molecule has 0 aliphatic heterocycles. The molecule has 0 heterocycles. The van der Waals surface area contributed by atoms with Crippen molar-refractivity contribution >= 4 is 28.1 Å². The predicted molar refractivity (Wildman–Crippen MR) is 71.0 cm³/mol. The SMILES string of the molecule is CON(C)C(=O)C(C)N=Cc1ccc(Br)cc1. The summed E-state index contributed by atoms with van der Waals surface area (Å²) in [6.45, 7) is 1.73. The Labute approximate surface area is 109 Å². The number of halogens is 1. The first-order valence-electron chi connectivity index (χ1n) is 5.15. The molecule has 0 radical (unpaired) electrons. The van der Waals surface area contributed by atoms with Gasteiger partial charge in [0.25, 0.3) is 5.91 Å². The predicted octanol–water partition coefficient (Wildman–Crippen LogP) is 2.28. The first-order valence-corrected chi connectivity index (χ1v) is 5.94. The molecule has 1 aromatic carbocycles. The fraction of sp³-hybridized carbons (Fsp3) is 0.333. The van der Waals surface area contributed by atoms with Crippen LogP contribution >= 0.6 is 15.9 Å². The molecule has 0 aromatic heterocycles. The van der Waals surface area contributed by atoms with E-state index in [2.05, 4.69) is 20.9 Å². The van der Waals surface area contributed by atoms with Gasteiger partial charge in [-0.25, -0.2) is 5.06 Å². The lowest BCUT2D eigenvalue weighted by molar-refractivity contribution is -0.169. The second kappa shape index (κ2) is 6.51. The second-order valence-electron chi connectivity index (χ2n) is 3.52. The maximum absolute atomic E-state index is 11.6. The number of aliphatic imine (C=N–C) groups is 1. The van der Waals surface area contributed by atoms with E-state index >= 15 is 0 Å². The number of likely N-dealkylation sites (N-methyl/N-ethyl adjacent to an activating group) is 1. The highest BCUT2D eigenvalue weighted by Crippen LogP contribution is 2.09. The van der Waals surface area contributed by atoms with E-state index in [1.165, 1.54) is 12.2 Å². The van der Waals surface area contributed by atoms with Crippen molar-refractivity contribution < 1.29 is 9.63 Å². The molecule has 0 bridgehead atoms. The molecule has 17 heavy (non-hydrogen) atoms. The first kappa shape index (κ1) is 13.9. The normalized spacial score (nSPS) is 12.7. The maximum Gasteiger partial charge on any atom is 0.270 e. The molecule has 1 aromatic rings. The number of hydroxylamine groups is 2. The Bertz CT molecular complexity index is 403. The summed E-state index contributed by atoms with van der Waals surface area (Å²) in [5.41, 5.74) is 0.952. The minimum absolute atomic E-state index is 0.180. The zero-order valence-electron chi connectivity index (χ0n) is 10.1. The first-order chi connectivity index (χ1) is 8.04. The number of amides is 1. The van der Waals surface area contributed by atoms with Gasteiger partial charge in [-0.2, -0.15) is 0 Å². The molecular weight excluding hydrogens is 284 g/mol. The summed E-state index contributed by atoms with van der Waals surface area (Å²) in [7, 11) is 3.01. The van der Waals surface area contributed by atoms with Crippen molar-refractivity contribution in [2.75, 3.05) is 14.2 Å². The molecule has 1 atom stereocenters. The van der Waals surface area contributed by atoms with E-state index in [0.717, 1.165) is 10.0 Å². The van der Waals surface area contributed by atoms with Crippen LogP contribution in [0.4, 0.5) is 0 Å². The number of hydrogen-bond acceptors (Lipinski definition) is 3. The van der Waals surface area contributed by atoms with Crippen LogP contribution in [0.25, 0.3) is 0 Å². The number of nitrogens with zero attached hydrogens (tertiary/aromatic N) is 2. The summed E-state index contributed by atoms with van der Waals surface area (Å²) in [6, 6.07) is 7.24. The van der Waals surface area contributed by atoms with Gasteiger partial charge in [0, 0.05) is 17.7 Å². The van der Waals surface area contributed by atoms with Crippen LogP contribution in [-0.2, 0) is 9.63 Å². The minimum Gasteiger partial charge on any atom is -0.279 e. The highest BCUT2D eigenvalue weighted by Gasteiger charge is 2.15. The van der Waals surface area contributed by atoms with Crippen molar-refractivity contribution in [3.8, 4) is 0 Å². The average Bonchev–Trinajstić information content (AvgIpc) is 2.35. The summed E-state index contributed by atoms with van der Waals surface area (Å²) in [5, 5.41) is 1.17. The Morgan fingerprint density at radius 1 is 1.47 bits per heavy atom. The molecule has 1 amide bonds. The smallest absolute Gasteiger partial charge is 0.270 e. The summed E-state index contributed by atoms with van der Waals surface area (Å²) in [5.74, 6) is -0.180. The number of benzene rings is 1. The third kappa shape index (κ3) is 4.28. The Hall–Kier alpha value is -1.20. The highest BCUT2D eigenvalue weighted by molar-refractivity contribution is 9.10. The molecule has 1 unspecified atom stereocenters. The summed E-state index contributed by atoms with van der Waals surface area (Å²) in [4.78, 5) is 20.6. The molecule has 0 saturated carbocycles. The Morgan fingerprint density at radius 2 is 2.06 bits per heavy atom. The lowest BCUT2D eigenvalue weighted by Crippen LogP contribution is -2.33. The van der Waals surface area contributed by atoms with Gasteiger partial charge in [-0.05, 0) is 24.6 Å². The van der Waals surface area contributed by atoms with E-state index in [4.69, 9.17) is 4.84 Å². The zero-order chi connectivity index (χ0) is 12.8. The van der Waals surface area contributed by atoms with E-state index in [0.29, 0.717) is 0 Å².